The molecule has 4 heteroatoms. The van der Waals surface area contributed by atoms with E-state index in [4.69, 9.17) is 0 Å². The van der Waals surface area contributed by atoms with Crippen LogP contribution in [0.4, 0.5) is 17.2 Å². The molecule has 0 amide bonds. The van der Waals surface area contributed by atoms with E-state index in [1.165, 1.54) is 0 Å². The van der Waals surface area contributed by atoms with Crippen molar-refractivity contribution in [1.29, 1.82) is 0 Å². The summed E-state index contributed by atoms with van der Waals surface area (Å²) in [4.78, 5) is 2.96. The number of H-pyrrole nitrogens is 1. The number of hydrogen-bond donors (Lipinski definition) is 4. The lowest BCUT2D eigenvalue weighted by molar-refractivity contribution is 1.33. The lowest BCUT2D eigenvalue weighted by Gasteiger charge is -2.04. The van der Waals surface area contributed by atoms with E-state index in [1.54, 1.807) is 0 Å². The highest BCUT2D eigenvalue weighted by Gasteiger charge is 2.06. The number of aromatic nitrogens is 1. The lowest BCUT2D eigenvalue weighted by atomic mass is 10.4. The average molecular weight is 153 g/mol. The minimum Gasteiger partial charge on any atom is -0.385 e. The van der Waals surface area contributed by atoms with Crippen LogP contribution in [0.25, 0.3) is 0 Å². The molecule has 1 radical (unpaired) electrons. The summed E-state index contributed by atoms with van der Waals surface area (Å²) >= 11 is 0. The van der Waals surface area contributed by atoms with Crippen LogP contribution in [0.15, 0.2) is 0 Å². The van der Waals surface area contributed by atoms with Crippen LogP contribution in [0.2, 0.25) is 0 Å². The minimum atomic E-state index is 0.942. The maximum Gasteiger partial charge on any atom is 0.129 e. The molecule has 0 saturated carbocycles. The van der Waals surface area contributed by atoms with Crippen molar-refractivity contribution in [2.45, 2.75) is 0 Å². The highest BCUT2D eigenvalue weighted by atomic mass is 15.1. The Bertz CT molecular complexity index is 207. The molecule has 1 heterocycles. The zero-order valence-corrected chi connectivity index (χ0v) is 7.00. The van der Waals surface area contributed by atoms with E-state index in [2.05, 4.69) is 27.1 Å². The van der Waals surface area contributed by atoms with Crippen LogP contribution in [0.3, 0.4) is 0 Å². The van der Waals surface area contributed by atoms with E-state index in [1.807, 2.05) is 21.1 Å². The summed E-state index contributed by atoms with van der Waals surface area (Å²) in [5.41, 5.74) is 1.95. The van der Waals surface area contributed by atoms with Crippen LogP contribution in [0, 0.1) is 6.20 Å². The Kier molecular flexibility index (Phi) is 2.25. The second-order valence-corrected chi connectivity index (χ2v) is 2.12. The van der Waals surface area contributed by atoms with Crippen LogP contribution in [0.5, 0.6) is 0 Å². The van der Waals surface area contributed by atoms with Crippen molar-refractivity contribution in [1.82, 2.24) is 4.98 Å². The molecule has 0 aliphatic carbocycles. The molecule has 1 aromatic heterocycles. The maximum absolute atomic E-state index is 3.06. The number of rotatable bonds is 3. The predicted octanol–water partition coefficient (Wildman–Crippen LogP) is 0.940. The van der Waals surface area contributed by atoms with Gasteiger partial charge in [-0.2, -0.15) is 0 Å². The zero-order valence-electron chi connectivity index (χ0n) is 7.00. The molecule has 0 spiro atoms. The molecule has 0 saturated heterocycles. The third-order valence-electron chi connectivity index (χ3n) is 1.56. The number of anilines is 3. The quantitative estimate of drug-likeness (QED) is 0.522. The molecule has 0 fully saturated rings. The first kappa shape index (κ1) is 7.78. The second kappa shape index (κ2) is 3.18. The topological polar surface area (TPSA) is 51.9 Å². The summed E-state index contributed by atoms with van der Waals surface area (Å²) in [6.07, 6.45) is 2.96. The lowest BCUT2D eigenvalue weighted by Crippen LogP contribution is -1.96. The summed E-state index contributed by atoms with van der Waals surface area (Å²) in [6, 6.07) is 0. The third kappa shape index (κ3) is 1.24. The standard InChI is InChI=1S/C7H13N4/c1-8-5-4-11-7(10-3)6(5)9-2/h8-11H,1-3H3. The molecule has 0 bridgehead atoms. The van der Waals surface area contributed by atoms with Gasteiger partial charge in [-0.05, 0) is 0 Å². The first-order chi connectivity index (χ1) is 5.33. The molecule has 1 aromatic rings. The van der Waals surface area contributed by atoms with Crippen LogP contribution < -0.4 is 16.0 Å². The van der Waals surface area contributed by atoms with Crippen molar-refractivity contribution in [2.75, 3.05) is 37.1 Å². The number of aromatic amines is 1. The smallest absolute Gasteiger partial charge is 0.129 e. The summed E-state index contributed by atoms with van der Waals surface area (Å²) in [5.74, 6) is 0.942. The highest BCUT2D eigenvalue weighted by Crippen LogP contribution is 2.27. The molecule has 0 aliphatic heterocycles. The zero-order chi connectivity index (χ0) is 8.27. The molecule has 0 atom stereocenters. The minimum absolute atomic E-state index is 0.942. The Morgan fingerprint density at radius 3 is 2.27 bits per heavy atom. The normalized spacial score (nSPS) is 9.36. The molecule has 0 aliphatic rings. The third-order valence-corrected chi connectivity index (χ3v) is 1.56. The van der Waals surface area contributed by atoms with Crippen molar-refractivity contribution >= 4 is 17.2 Å². The Balaban J connectivity index is 2.99. The van der Waals surface area contributed by atoms with Crippen molar-refractivity contribution in [2.24, 2.45) is 0 Å². The van der Waals surface area contributed by atoms with Gasteiger partial charge in [-0.3, -0.25) is 0 Å². The molecule has 1 rings (SSSR count). The SMILES string of the molecule is CNc1[c][nH]c(NC)c1NC. The van der Waals surface area contributed by atoms with Crippen molar-refractivity contribution < 1.29 is 0 Å². The van der Waals surface area contributed by atoms with Gasteiger partial charge in [-0.25, -0.2) is 0 Å². The van der Waals surface area contributed by atoms with E-state index in [-0.39, 0.29) is 0 Å². The summed E-state index contributed by atoms with van der Waals surface area (Å²) in [5, 5.41) is 9.08. The summed E-state index contributed by atoms with van der Waals surface area (Å²) < 4.78 is 0. The molecule has 4 nitrogen and oxygen atoms in total. The van der Waals surface area contributed by atoms with E-state index in [0.717, 1.165) is 17.2 Å². The van der Waals surface area contributed by atoms with Gasteiger partial charge >= 0.3 is 0 Å². The van der Waals surface area contributed by atoms with Gasteiger partial charge in [-0.15, -0.1) is 0 Å². The Hall–Kier alpha value is -1.32. The number of nitrogens with one attached hydrogen (secondary N) is 4. The summed E-state index contributed by atoms with van der Waals surface area (Å²) in [6.45, 7) is 0. The molecule has 4 N–H and O–H groups in total. The molecule has 11 heavy (non-hydrogen) atoms. The van der Waals surface area contributed by atoms with E-state index < -0.39 is 0 Å². The maximum atomic E-state index is 3.06. The first-order valence-electron chi connectivity index (χ1n) is 3.50. The second-order valence-electron chi connectivity index (χ2n) is 2.12. The van der Waals surface area contributed by atoms with Crippen LogP contribution in [-0.2, 0) is 0 Å². The highest BCUT2D eigenvalue weighted by molar-refractivity contribution is 5.80. The van der Waals surface area contributed by atoms with Gasteiger partial charge in [-0.1, -0.05) is 0 Å². The Morgan fingerprint density at radius 1 is 1.09 bits per heavy atom. The van der Waals surface area contributed by atoms with Gasteiger partial charge in [0.1, 0.15) is 11.5 Å². The largest absolute Gasteiger partial charge is 0.385 e. The monoisotopic (exact) mass is 153 g/mol. The van der Waals surface area contributed by atoms with Crippen LogP contribution in [0.1, 0.15) is 0 Å². The van der Waals surface area contributed by atoms with Crippen LogP contribution in [-0.4, -0.2) is 26.1 Å². The van der Waals surface area contributed by atoms with Crippen molar-refractivity contribution in [3.8, 4) is 0 Å². The fourth-order valence-electron chi connectivity index (χ4n) is 1.00. The van der Waals surface area contributed by atoms with Crippen molar-refractivity contribution in [3.63, 3.8) is 0 Å². The van der Waals surface area contributed by atoms with Gasteiger partial charge in [0.05, 0.1) is 11.9 Å². The van der Waals surface area contributed by atoms with Gasteiger partial charge < -0.3 is 20.9 Å². The molecular formula is C7H13N4. The van der Waals surface area contributed by atoms with Gasteiger partial charge in [0.15, 0.2) is 0 Å². The van der Waals surface area contributed by atoms with Gasteiger partial charge in [0.2, 0.25) is 0 Å². The molecular weight excluding hydrogens is 140 g/mol. The average Bonchev–Trinajstić information content (AvgIpc) is 2.45. The van der Waals surface area contributed by atoms with E-state index in [9.17, 15) is 0 Å². The fraction of sp³-hybridized carbons (Fsp3) is 0.429. The number of hydrogen-bond acceptors (Lipinski definition) is 3. The van der Waals surface area contributed by atoms with E-state index in [0.29, 0.717) is 0 Å². The molecule has 0 unspecified atom stereocenters. The molecule has 61 valence electrons. The van der Waals surface area contributed by atoms with Crippen LogP contribution >= 0.6 is 0 Å². The van der Waals surface area contributed by atoms with Gasteiger partial charge in [0.25, 0.3) is 0 Å². The van der Waals surface area contributed by atoms with Gasteiger partial charge in [0, 0.05) is 21.1 Å². The van der Waals surface area contributed by atoms with E-state index >= 15 is 0 Å². The van der Waals surface area contributed by atoms with Crippen molar-refractivity contribution in [3.05, 3.63) is 6.20 Å². The predicted molar refractivity (Wildman–Crippen MR) is 48.3 cm³/mol. The first-order valence-corrected chi connectivity index (χ1v) is 3.50. The fourth-order valence-corrected chi connectivity index (χ4v) is 1.00. The summed E-state index contributed by atoms with van der Waals surface area (Å²) in [7, 11) is 5.60. The Labute approximate surface area is 66.4 Å². The molecule has 0 aromatic carbocycles. The Morgan fingerprint density at radius 2 is 1.82 bits per heavy atom.